The molecule has 8 nitrogen and oxygen atoms in total. The van der Waals surface area contributed by atoms with Gasteiger partial charge in [-0.3, -0.25) is 24.1 Å². The maximum Gasteiger partial charge on any atom is 0.213 e. The first-order valence-electron chi connectivity index (χ1n) is 9.86. The topological polar surface area (TPSA) is 87.4 Å². The molecule has 1 saturated heterocycles. The molecular formula is C21H23BrN6O2. The Kier molecular flexibility index (Phi) is 6.63. The number of nitrogens with zero attached hydrogens (tertiary/aromatic N) is 6. The minimum atomic E-state index is -0.149. The van der Waals surface area contributed by atoms with Crippen molar-refractivity contribution >= 4 is 21.7 Å². The summed E-state index contributed by atoms with van der Waals surface area (Å²) >= 11 is 3.47. The zero-order valence-electron chi connectivity index (χ0n) is 16.5. The van der Waals surface area contributed by atoms with E-state index in [2.05, 4.69) is 40.9 Å². The van der Waals surface area contributed by atoms with Crippen LogP contribution in [0.5, 0.6) is 0 Å². The van der Waals surface area contributed by atoms with Gasteiger partial charge in [0, 0.05) is 49.0 Å². The monoisotopic (exact) mass is 470 g/mol. The second-order valence-corrected chi connectivity index (χ2v) is 8.08. The van der Waals surface area contributed by atoms with Gasteiger partial charge >= 0.3 is 0 Å². The molecule has 3 aromatic rings. The highest BCUT2D eigenvalue weighted by atomic mass is 79.9. The fourth-order valence-electron chi connectivity index (χ4n) is 3.62. The smallest absolute Gasteiger partial charge is 0.213 e. The van der Waals surface area contributed by atoms with Gasteiger partial charge in [-0.2, -0.15) is 0 Å². The molecule has 0 aliphatic carbocycles. The van der Waals surface area contributed by atoms with Crippen molar-refractivity contribution in [1.29, 1.82) is 0 Å². The van der Waals surface area contributed by atoms with Gasteiger partial charge in [0.1, 0.15) is 12.0 Å². The Morgan fingerprint density at radius 1 is 1.10 bits per heavy atom. The minimum Gasteiger partial charge on any atom is -0.395 e. The van der Waals surface area contributed by atoms with Gasteiger partial charge < -0.3 is 5.11 Å². The second kappa shape index (κ2) is 9.57. The highest BCUT2D eigenvalue weighted by Gasteiger charge is 2.21. The van der Waals surface area contributed by atoms with E-state index < -0.39 is 0 Å². The molecule has 9 heteroatoms. The summed E-state index contributed by atoms with van der Waals surface area (Å²) < 4.78 is 2.70. The fraction of sp³-hybridized carbons (Fsp3) is 0.333. The first-order valence-corrected chi connectivity index (χ1v) is 10.6. The van der Waals surface area contributed by atoms with Gasteiger partial charge in [-0.25, -0.2) is 0 Å². The highest BCUT2D eigenvalue weighted by molar-refractivity contribution is 9.10. The summed E-state index contributed by atoms with van der Waals surface area (Å²) in [5.74, 6) is 0.632. The van der Waals surface area contributed by atoms with Gasteiger partial charge in [0.2, 0.25) is 5.78 Å². The molecule has 0 saturated carbocycles. The van der Waals surface area contributed by atoms with Crippen LogP contribution < -0.4 is 0 Å². The maximum atomic E-state index is 13.1. The summed E-state index contributed by atoms with van der Waals surface area (Å²) in [4.78, 5) is 21.9. The maximum absolute atomic E-state index is 13.1. The van der Waals surface area contributed by atoms with Crippen molar-refractivity contribution in [2.45, 2.75) is 6.54 Å². The lowest BCUT2D eigenvalue weighted by Gasteiger charge is -2.34. The number of ketones is 1. The van der Waals surface area contributed by atoms with Crippen LogP contribution in [0.3, 0.4) is 0 Å². The molecule has 1 aliphatic rings. The zero-order valence-corrected chi connectivity index (χ0v) is 18.1. The van der Waals surface area contributed by atoms with Gasteiger partial charge in [0.25, 0.3) is 0 Å². The first kappa shape index (κ1) is 20.8. The first-order chi connectivity index (χ1) is 14.7. The van der Waals surface area contributed by atoms with Crippen LogP contribution in [0.1, 0.15) is 21.9 Å². The quantitative estimate of drug-likeness (QED) is 0.526. The molecule has 30 heavy (non-hydrogen) atoms. The Balaban J connectivity index is 1.59. The predicted octanol–water partition coefficient (Wildman–Crippen LogP) is 1.77. The van der Waals surface area contributed by atoms with Crippen molar-refractivity contribution < 1.29 is 9.90 Å². The fourth-order valence-corrected chi connectivity index (χ4v) is 3.98. The standard InChI is InChI=1S/C21H23BrN6O2/c22-16-4-5-19(17(13-16)21(30)18-3-1-2-6-23-18)28-15-24-25-20(28)14-27-9-7-26(8-10-27)11-12-29/h1-6,13,15,29H,7-12,14H2. The van der Waals surface area contributed by atoms with Gasteiger partial charge in [-0.15, -0.1) is 10.2 Å². The predicted molar refractivity (Wildman–Crippen MR) is 116 cm³/mol. The Morgan fingerprint density at radius 2 is 1.90 bits per heavy atom. The zero-order chi connectivity index (χ0) is 20.9. The minimum absolute atomic E-state index is 0.149. The molecule has 0 unspecified atom stereocenters. The lowest BCUT2D eigenvalue weighted by atomic mass is 10.1. The SMILES string of the molecule is O=C(c1ccccn1)c1cc(Br)ccc1-n1cnnc1CN1CCN(CCO)CC1. The van der Waals surface area contributed by atoms with Crippen LogP contribution >= 0.6 is 15.9 Å². The molecule has 1 fully saturated rings. The third-order valence-electron chi connectivity index (χ3n) is 5.22. The van der Waals surface area contributed by atoms with E-state index in [-0.39, 0.29) is 12.4 Å². The summed E-state index contributed by atoms with van der Waals surface area (Å²) in [7, 11) is 0. The van der Waals surface area contributed by atoms with Crippen molar-refractivity contribution in [2.24, 2.45) is 0 Å². The van der Waals surface area contributed by atoms with Crippen molar-refractivity contribution in [2.75, 3.05) is 39.3 Å². The van der Waals surface area contributed by atoms with E-state index in [4.69, 9.17) is 5.11 Å². The number of aromatic nitrogens is 4. The van der Waals surface area contributed by atoms with Crippen LogP contribution in [0.4, 0.5) is 0 Å². The summed E-state index contributed by atoms with van der Waals surface area (Å²) in [5.41, 5.74) is 1.66. The normalized spacial score (nSPS) is 15.4. The van der Waals surface area contributed by atoms with Crippen molar-refractivity contribution in [1.82, 2.24) is 29.5 Å². The molecule has 0 spiro atoms. The largest absolute Gasteiger partial charge is 0.395 e. The Hall–Kier alpha value is -2.46. The average Bonchev–Trinajstić information content (AvgIpc) is 3.23. The number of hydrogen-bond acceptors (Lipinski definition) is 7. The molecule has 0 bridgehead atoms. The number of carbonyl (C=O) groups is 1. The summed E-state index contributed by atoms with van der Waals surface area (Å²) in [6.45, 7) is 5.15. The second-order valence-electron chi connectivity index (χ2n) is 7.16. The molecule has 3 heterocycles. The Labute approximate surface area is 183 Å². The average molecular weight is 471 g/mol. The molecule has 0 amide bonds. The number of carbonyl (C=O) groups excluding carboxylic acids is 1. The van der Waals surface area contributed by atoms with Crippen molar-refractivity contribution in [3.05, 3.63) is 70.5 Å². The number of rotatable bonds is 7. The van der Waals surface area contributed by atoms with E-state index >= 15 is 0 Å². The molecule has 0 radical (unpaired) electrons. The van der Waals surface area contributed by atoms with Crippen LogP contribution in [-0.4, -0.2) is 79.8 Å². The van der Waals surface area contributed by atoms with Crippen LogP contribution in [0.15, 0.2) is 53.4 Å². The molecule has 1 aromatic carbocycles. The van der Waals surface area contributed by atoms with Gasteiger partial charge in [-0.05, 0) is 30.3 Å². The lowest BCUT2D eigenvalue weighted by molar-refractivity contribution is 0.103. The third-order valence-corrected chi connectivity index (χ3v) is 5.72. The van der Waals surface area contributed by atoms with Crippen molar-refractivity contribution in [3.8, 4) is 5.69 Å². The van der Waals surface area contributed by atoms with Crippen LogP contribution in [0.25, 0.3) is 5.69 Å². The highest BCUT2D eigenvalue weighted by Crippen LogP contribution is 2.24. The summed E-state index contributed by atoms with van der Waals surface area (Å²) in [5, 5.41) is 17.5. The Morgan fingerprint density at radius 3 is 2.63 bits per heavy atom. The number of benzene rings is 1. The van der Waals surface area contributed by atoms with Gasteiger partial charge in [-0.1, -0.05) is 22.0 Å². The van der Waals surface area contributed by atoms with E-state index in [0.717, 1.165) is 42.2 Å². The van der Waals surface area contributed by atoms with Crippen LogP contribution in [0, 0.1) is 0 Å². The number of piperazine rings is 1. The number of aliphatic hydroxyl groups excluding tert-OH is 1. The number of β-amino-alcohol motifs (C(OH)–C–C–N with tert-alkyl or cyclic N) is 1. The number of aliphatic hydroxyl groups is 1. The molecule has 156 valence electrons. The van der Waals surface area contributed by atoms with E-state index in [1.54, 1.807) is 30.7 Å². The molecule has 0 atom stereocenters. The lowest BCUT2D eigenvalue weighted by Crippen LogP contribution is -2.46. The van der Waals surface area contributed by atoms with Gasteiger partial charge in [0.05, 0.1) is 18.8 Å². The molecule has 1 N–H and O–H groups in total. The molecular weight excluding hydrogens is 448 g/mol. The van der Waals surface area contributed by atoms with Crippen molar-refractivity contribution in [3.63, 3.8) is 0 Å². The van der Waals surface area contributed by atoms with E-state index in [0.29, 0.717) is 24.3 Å². The molecule has 1 aliphatic heterocycles. The van der Waals surface area contributed by atoms with E-state index in [1.807, 2.05) is 22.8 Å². The Bertz CT molecular complexity index is 1000. The summed E-state index contributed by atoms with van der Waals surface area (Å²) in [6.07, 6.45) is 3.27. The number of halogens is 1. The van der Waals surface area contributed by atoms with E-state index in [1.165, 1.54) is 0 Å². The van der Waals surface area contributed by atoms with Crippen LogP contribution in [-0.2, 0) is 6.54 Å². The summed E-state index contributed by atoms with van der Waals surface area (Å²) in [6, 6.07) is 10.9. The number of hydrogen-bond donors (Lipinski definition) is 1. The number of pyridine rings is 1. The van der Waals surface area contributed by atoms with Crippen LogP contribution in [0.2, 0.25) is 0 Å². The third kappa shape index (κ3) is 4.65. The van der Waals surface area contributed by atoms with E-state index in [9.17, 15) is 4.79 Å². The van der Waals surface area contributed by atoms with Gasteiger partial charge in [0.15, 0.2) is 5.82 Å². The molecule has 4 rings (SSSR count). The molecule has 2 aromatic heterocycles.